The molecule has 0 spiro atoms. The van der Waals surface area contributed by atoms with E-state index in [1.165, 1.54) is 4.90 Å². The summed E-state index contributed by atoms with van der Waals surface area (Å²) in [6.45, 7) is 1.27. The summed E-state index contributed by atoms with van der Waals surface area (Å²) in [5.74, 6) is 0. The van der Waals surface area contributed by atoms with Crippen molar-refractivity contribution in [3.8, 4) is 0 Å². The van der Waals surface area contributed by atoms with Gasteiger partial charge in [0.1, 0.15) is 6.04 Å². The van der Waals surface area contributed by atoms with Crippen LogP contribution in [0.4, 0.5) is 18.9 Å². The maximum absolute atomic E-state index is 12.8. The van der Waals surface area contributed by atoms with Crippen LogP contribution >= 0.6 is 11.6 Å². The van der Waals surface area contributed by atoms with Crippen LogP contribution in [0.1, 0.15) is 0 Å². The van der Waals surface area contributed by atoms with Gasteiger partial charge in [0.2, 0.25) is 0 Å². The van der Waals surface area contributed by atoms with Crippen LogP contribution in [0.25, 0.3) is 0 Å². The topological polar surface area (TPSA) is 32.5 Å². The first kappa shape index (κ1) is 15.4. The van der Waals surface area contributed by atoms with E-state index in [1.54, 1.807) is 6.07 Å². The van der Waals surface area contributed by atoms with Crippen LogP contribution in [0, 0.1) is 0 Å². The number of halogens is 4. The smallest absolute Gasteiger partial charge is 0.368 e. The SMILES string of the molecule is NCC(N1CCN(c2ccccc2Cl)CC1)C(F)(F)F. The summed E-state index contributed by atoms with van der Waals surface area (Å²) in [6, 6.07) is 5.79. The van der Waals surface area contributed by atoms with E-state index in [0.29, 0.717) is 31.2 Å². The molecule has 1 aliphatic heterocycles. The zero-order chi connectivity index (χ0) is 14.8. The molecule has 112 valence electrons. The van der Waals surface area contributed by atoms with E-state index < -0.39 is 18.8 Å². The van der Waals surface area contributed by atoms with Gasteiger partial charge in [0, 0.05) is 32.7 Å². The monoisotopic (exact) mass is 307 g/mol. The van der Waals surface area contributed by atoms with Crippen molar-refractivity contribution in [3.63, 3.8) is 0 Å². The summed E-state index contributed by atoms with van der Waals surface area (Å²) >= 11 is 6.10. The Balaban J connectivity index is 2.01. The van der Waals surface area contributed by atoms with Crippen molar-refractivity contribution in [2.45, 2.75) is 12.2 Å². The van der Waals surface area contributed by atoms with Gasteiger partial charge in [0.25, 0.3) is 0 Å². The number of alkyl halides is 3. The Hall–Kier alpha value is -0.980. The molecule has 1 fully saturated rings. The summed E-state index contributed by atoms with van der Waals surface area (Å²) < 4.78 is 38.5. The van der Waals surface area contributed by atoms with Crippen LogP contribution in [0.5, 0.6) is 0 Å². The molecule has 1 heterocycles. The van der Waals surface area contributed by atoms with E-state index in [1.807, 2.05) is 23.1 Å². The molecule has 1 aromatic rings. The lowest BCUT2D eigenvalue weighted by Gasteiger charge is -2.40. The molecule has 0 aliphatic carbocycles. The third-order valence-electron chi connectivity index (χ3n) is 3.55. The maximum atomic E-state index is 12.8. The van der Waals surface area contributed by atoms with E-state index in [9.17, 15) is 13.2 Å². The lowest BCUT2D eigenvalue weighted by atomic mass is 10.2. The number of hydrogen-bond acceptors (Lipinski definition) is 3. The Labute approximate surface area is 121 Å². The highest BCUT2D eigenvalue weighted by Gasteiger charge is 2.43. The highest BCUT2D eigenvalue weighted by molar-refractivity contribution is 6.33. The molecule has 0 radical (unpaired) electrons. The summed E-state index contributed by atoms with van der Waals surface area (Å²) in [7, 11) is 0. The standard InChI is InChI=1S/C13H17ClF3N3/c14-10-3-1-2-4-11(10)19-5-7-20(8-6-19)12(9-18)13(15,16)17/h1-4,12H,5-9,18H2. The van der Waals surface area contributed by atoms with Crippen LogP contribution in [0.15, 0.2) is 24.3 Å². The first-order valence-electron chi connectivity index (χ1n) is 6.44. The van der Waals surface area contributed by atoms with Crippen molar-refractivity contribution < 1.29 is 13.2 Å². The Morgan fingerprint density at radius 3 is 2.25 bits per heavy atom. The van der Waals surface area contributed by atoms with Gasteiger partial charge in [-0.25, -0.2) is 0 Å². The van der Waals surface area contributed by atoms with E-state index in [2.05, 4.69) is 0 Å². The number of anilines is 1. The maximum Gasteiger partial charge on any atom is 0.405 e. The first-order chi connectivity index (χ1) is 9.43. The predicted octanol–water partition coefficient (Wildman–Crippen LogP) is 2.35. The van der Waals surface area contributed by atoms with Gasteiger partial charge in [-0.2, -0.15) is 13.2 Å². The first-order valence-corrected chi connectivity index (χ1v) is 6.81. The van der Waals surface area contributed by atoms with Crippen molar-refractivity contribution in [1.29, 1.82) is 0 Å². The second-order valence-corrected chi connectivity index (χ2v) is 5.17. The van der Waals surface area contributed by atoms with Gasteiger partial charge in [-0.1, -0.05) is 23.7 Å². The molecular formula is C13H17ClF3N3. The van der Waals surface area contributed by atoms with Crippen molar-refractivity contribution >= 4 is 17.3 Å². The third-order valence-corrected chi connectivity index (χ3v) is 3.87. The minimum absolute atomic E-state index is 0.326. The molecule has 0 amide bonds. The molecule has 7 heteroatoms. The van der Waals surface area contributed by atoms with Crippen molar-refractivity contribution in [2.75, 3.05) is 37.6 Å². The average molecular weight is 308 g/mol. The van der Waals surface area contributed by atoms with Crippen LogP contribution in [0.3, 0.4) is 0 Å². The summed E-state index contributed by atoms with van der Waals surface area (Å²) in [4.78, 5) is 3.40. The summed E-state index contributed by atoms with van der Waals surface area (Å²) in [6.07, 6.45) is -4.28. The average Bonchev–Trinajstić information content (AvgIpc) is 2.39. The number of benzene rings is 1. The lowest BCUT2D eigenvalue weighted by molar-refractivity contribution is -0.181. The van der Waals surface area contributed by atoms with Gasteiger partial charge in [0.15, 0.2) is 0 Å². The minimum Gasteiger partial charge on any atom is -0.368 e. The van der Waals surface area contributed by atoms with Crippen LogP contribution in [-0.2, 0) is 0 Å². The molecule has 1 aromatic carbocycles. The Morgan fingerprint density at radius 1 is 1.15 bits per heavy atom. The minimum atomic E-state index is -4.28. The molecule has 1 aliphatic rings. The number of nitrogens with zero attached hydrogens (tertiary/aromatic N) is 2. The zero-order valence-electron chi connectivity index (χ0n) is 10.9. The predicted molar refractivity (Wildman–Crippen MR) is 74.1 cm³/mol. The molecule has 1 atom stereocenters. The van der Waals surface area contributed by atoms with E-state index in [4.69, 9.17) is 17.3 Å². The van der Waals surface area contributed by atoms with E-state index in [0.717, 1.165) is 5.69 Å². The van der Waals surface area contributed by atoms with Crippen molar-refractivity contribution in [2.24, 2.45) is 5.73 Å². The molecule has 2 N–H and O–H groups in total. The quantitative estimate of drug-likeness (QED) is 0.930. The normalized spacial score (nSPS) is 19.1. The fraction of sp³-hybridized carbons (Fsp3) is 0.538. The molecular weight excluding hydrogens is 291 g/mol. The molecule has 2 rings (SSSR count). The third kappa shape index (κ3) is 3.37. The van der Waals surface area contributed by atoms with Gasteiger partial charge in [0.05, 0.1) is 10.7 Å². The Bertz CT molecular complexity index is 445. The zero-order valence-corrected chi connectivity index (χ0v) is 11.7. The number of rotatable bonds is 3. The van der Waals surface area contributed by atoms with Crippen molar-refractivity contribution in [3.05, 3.63) is 29.3 Å². The van der Waals surface area contributed by atoms with Gasteiger partial charge in [-0.05, 0) is 12.1 Å². The second kappa shape index (κ2) is 6.20. The summed E-state index contributed by atoms with van der Waals surface area (Å²) in [5.41, 5.74) is 6.13. The number of para-hydroxylation sites is 1. The fourth-order valence-corrected chi connectivity index (χ4v) is 2.73. The van der Waals surface area contributed by atoms with E-state index >= 15 is 0 Å². The molecule has 0 bridgehead atoms. The van der Waals surface area contributed by atoms with E-state index in [-0.39, 0.29) is 0 Å². The summed E-state index contributed by atoms with van der Waals surface area (Å²) in [5, 5.41) is 0.618. The molecule has 20 heavy (non-hydrogen) atoms. The molecule has 0 saturated carbocycles. The molecule has 0 aromatic heterocycles. The highest BCUT2D eigenvalue weighted by Crippen LogP contribution is 2.29. The molecule has 1 unspecified atom stereocenters. The second-order valence-electron chi connectivity index (χ2n) is 4.77. The Kier molecular flexibility index (Phi) is 4.78. The van der Waals surface area contributed by atoms with Gasteiger partial charge in [-0.3, -0.25) is 4.90 Å². The molecule has 3 nitrogen and oxygen atoms in total. The van der Waals surface area contributed by atoms with Gasteiger partial charge >= 0.3 is 6.18 Å². The Morgan fingerprint density at radius 2 is 1.75 bits per heavy atom. The number of nitrogens with two attached hydrogens (primary N) is 1. The van der Waals surface area contributed by atoms with Crippen LogP contribution in [0.2, 0.25) is 5.02 Å². The van der Waals surface area contributed by atoms with Gasteiger partial charge in [-0.15, -0.1) is 0 Å². The fourth-order valence-electron chi connectivity index (χ4n) is 2.47. The largest absolute Gasteiger partial charge is 0.405 e. The molecule has 1 saturated heterocycles. The van der Waals surface area contributed by atoms with Gasteiger partial charge < -0.3 is 10.6 Å². The van der Waals surface area contributed by atoms with Crippen molar-refractivity contribution in [1.82, 2.24) is 4.90 Å². The lowest BCUT2D eigenvalue weighted by Crippen LogP contribution is -2.57. The highest BCUT2D eigenvalue weighted by atomic mass is 35.5. The van der Waals surface area contributed by atoms with Crippen LogP contribution < -0.4 is 10.6 Å². The number of hydrogen-bond donors (Lipinski definition) is 1. The number of piperazine rings is 1. The van der Waals surface area contributed by atoms with Crippen LogP contribution in [-0.4, -0.2) is 49.8 Å².